The summed E-state index contributed by atoms with van der Waals surface area (Å²) in [7, 11) is 0. The lowest BCUT2D eigenvalue weighted by Gasteiger charge is -2.18. The number of hydrogen-bond donors (Lipinski definition) is 0. The van der Waals surface area contributed by atoms with E-state index in [0.717, 1.165) is 11.1 Å². The maximum atomic E-state index is 11.3. The zero-order valence-electron chi connectivity index (χ0n) is 12.7. The third-order valence-corrected chi connectivity index (χ3v) is 2.83. The Morgan fingerprint density at radius 1 is 1.00 bits per heavy atom. The molecule has 0 aliphatic rings. The van der Waals surface area contributed by atoms with E-state index in [1.165, 1.54) is 13.8 Å². The van der Waals surface area contributed by atoms with Crippen LogP contribution in [0.15, 0.2) is 31.4 Å². The van der Waals surface area contributed by atoms with E-state index >= 15 is 0 Å². The summed E-state index contributed by atoms with van der Waals surface area (Å²) in [5, 5.41) is 0. The van der Waals surface area contributed by atoms with Gasteiger partial charge in [0.15, 0.2) is 0 Å². The van der Waals surface area contributed by atoms with Gasteiger partial charge in [0.05, 0.1) is 0 Å². The molecule has 0 aliphatic carbocycles. The molecule has 0 N–H and O–H groups in total. The van der Waals surface area contributed by atoms with Crippen LogP contribution >= 0.6 is 0 Å². The molecule has 0 saturated carbocycles. The largest absolute Gasteiger partial charge is 0.426 e. The molecule has 1 aromatic rings. The molecule has 0 atom stereocenters. The van der Waals surface area contributed by atoms with Gasteiger partial charge in [-0.2, -0.15) is 0 Å². The van der Waals surface area contributed by atoms with Gasteiger partial charge in [-0.05, 0) is 37.0 Å². The van der Waals surface area contributed by atoms with Crippen molar-refractivity contribution in [3.05, 3.63) is 48.1 Å². The van der Waals surface area contributed by atoms with Crippen LogP contribution < -0.4 is 9.47 Å². The van der Waals surface area contributed by atoms with Crippen LogP contribution in [-0.4, -0.2) is 11.9 Å². The summed E-state index contributed by atoms with van der Waals surface area (Å²) >= 11 is 0. The zero-order chi connectivity index (χ0) is 16.0. The van der Waals surface area contributed by atoms with Crippen molar-refractivity contribution in [2.24, 2.45) is 0 Å². The highest BCUT2D eigenvalue weighted by molar-refractivity contribution is 5.74. The van der Waals surface area contributed by atoms with Crippen molar-refractivity contribution in [1.29, 1.82) is 0 Å². The molecule has 1 rings (SSSR count). The summed E-state index contributed by atoms with van der Waals surface area (Å²) in [4.78, 5) is 22.6. The van der Waals surface area contributed by atoms with Gasteiger partial charge in [-0.3, -0.25) is 9.59 Å². The first-order valence-electron chi connectivity index (χ1n) is 6.64. The van der Waals surface area contributed by atoms with E-state index in [0.29, 0.717) is 29.9 Å². The van der Waals surface area contributed by atoms with E-state index < -0.39 is 11.9 Å². The smallest absolute Gasteiger partial charge is 0.308 e. The number of hydrogen-bond acceptors (Lipinski definition) is 4. The molecule has 0 spiro atoms. The second kappa shape index (κ2) is 7.43. The highest BCUT2D eigenvalue weighted by Gasteiger charge is 2.19. The van der Waals surface area contributed by atoms with Crippen LogP contribution in [-0.2, 0) is 22.4 Å². The van der Waals surface area contributed by atoms with E-state index in [4.69, 9.17) is 9.47 Å². The Kier molecular flexibility index (Phi) is 5.91. The van der Waals surface area contributed by atoms with E-state index in [2.05, 4.69) is 13.2 Å². The molecule has 0 amide bonds. The monoisotopic (exact) mass is 288 g/mol. The highest BCUT2D eigenvalue weighted by atomic mass is 16.5. The second-order valence-electron chi connectivity index (χ2n) is 4.65. The van der Waals surface area contributed by atoms with Gasteiger partial charge in [0.1, 0.15) is 11.5 Å². The average Bonchev–Trinajstić information content (AvgIpc) is 2.38. The predicted molar refractivity (Wildman–Crippen MR) is 81.6 cm³/mol. The van der Waals surface area contributed by atoms with E-state index in [1.807, 2.05) is 6.07 Å². The summed E-state index contributed by atoms with van der Waals surface area (Å²) in [6.07, 6.45) is 4.55. The quantitative estimate of drug-likeness (QED) is 0.458. The second-order valence-corrected chi connectivity index (χ2v) is 4.65. The summed E-state index contributed by atoms with van der Waals surface area (Å²) in [5.41, 5.74) is 2.27. The molecule has 0 fully saturated rings. The molecule has 4 heteroatoms. The number of allylic oxidation sites excluding steroid dienone is 2. The lowest BCUT2D eigenvalue weighted by Crippen LogP contribution is -2.11. The van der Waals surface area contributed by atoms with Gasteiger partial charge in [-0.15, -0.1) is 13.2 Å². The molecular weight excluding hydrogens is 268 g/mol. The molecule has 0 bridgehead atoms. The molecule has 0 heterocycles. The van der Waals surface area contributed by atoms with Crippen LogP contribution in [0.4, 0.5) is 0 Å². The topological polar surface area (TPSA) is 52.6 Å². The standard InChI is InChI=1S/C17H20O4/c1-6-8-14-10-15(9-7-2)17(21-13(5)19)11(3)16(14)20-12(4)18/h6-7,10H,1-2,8-9H2,3-5H3. The third-order valence-electron chi connectivity index (χ3n) is 2.83. The van der Waals surface area contributed by atoms with Crippen LogP contribution in [0.5, 0.6) is 11.5 Å². The molecule has 0 radical (unpaired) electrons. The number of esters is 2. The Bertz CT molecular complexity index is 537. The Balaban J connectivity index is 3.52. The summed E-state index contributed by atoms with van der Waals surface area (Å²) < 4.78 is 10.6. The SMILES string of the molecule is C=CCc1cc(CC=C)c(OC(C)=O)c(C)c1OC(C)=O. The van der Waals surface area contributed by atoms with Gasteiger partial charge >= 0.3 is 11.9 Å². The van der Waals surface area contributed by atoms with Gasteiger partial charge < -0.3 is 9.47 Å². The first-order valence-corrected chi connectivity index (χ1v) is 6.64. The highest BCUT2D eigenvalue weighted by Crippen LogP contribution is 2.36. The van der Waals surface area contributed by atoms with E-state index in [1.54, 1.807) is 19.1 Å². The Morgan fingerprint density at radius 3 is 1.67 bits per heavy atom. The molecule has 0 aliphatic heterocycles. The molecule has 4 nitrogen and oxygen atoms in total. The van der Waals surface area contributed by atoms with Crippen molar-refractivity contribution in [2.75, 3.05) is 0 Å². The Labute approximate surface area is 125 Å². The molecule has 0 saturated heterocycles. The van der Waals surface area contributed by atoms with Gasteiger partial charge in [-0.1, -0.05) is 12.2 Å². The maximum Gasteiger partial charge on any atom is 0.308 e. The molecule has 21 heavy (non-hydrogen) atoms. The number of rotatable bonds is 6. The third kappa shape index (κ3) is 4.31. The van der Waals surface area contributed by atoms with Gasteiger partial charge in [-0.25, -0.2) is 0 Å². The van der Waals surface area contributed by atoms with Crippen LogP contribution in [0.1, 0.15) is 30.5 Å². The van der Waals surface area contributed by atoms with Crippen molar-refractivity contribution >= 4 is 11.9 Å². The normalized spacial score (nSPS) is 9.86. The molecule has 112 valence electrons. The minimum atomic E-state index is -0.423. The summed E-state index contributed by atoms with van der Waals surface area (Å²) in [6, 6.07) is 1.85. The van der Waals surface area contributed by atoms with Gasteiger partial charge in [0, 0.05) is 19.4 Å². The van der Waals surface area contributed by atoms with Crippen LogP contribution in [0.25, 0.3) is 0 Å². The van der Waals surface area contributed by atoms with Crippen LogP contribution in [0.2, 0.25) is 0 Å². The maximum absolute atomic E-state index is 11.3. The Morgan fingerprint density at radius 2 is 1.38 bits per heavy atom. The summed E-state index contributed by atoms with van der Waals surface area (Å²) in [5.74, 6) is 0.000223. The van der Waals surface area contributed by atoms with Crippen molar-refractivity contribution in [3.63, 3.8) is 0 Å². The number of carbonyl (C=O) groups excluding carboxylic acids is 2. The molecule has 0 unspecified atom stereocenters. The van der Waals surface area contributed by atoms with Crippen LogP contribution in [0.3, 0.4) is 0 Å². The lowest BCUT2D eigenvalue weighted by molar-refractivity contribution is -0.132. The molecule has 0 aromatic heterocycles. The van der Waals surface area contributed by atoms with Crippen LogP contribution in [0, 0.1) is 6.92 Å². The van der Waals surface area contributed by atoms with Gasteiger partial charge in [0.25, 0.3) is 0 Å². The first kappa shape index (κ1) is 16.7. The number of benzene rings is 1. The van der Waals surface area contributed by atoms with Crippen molar-refractivity contribution in [1.82, 2.24) is 0 Å². The first-order chi connectivity index (χ1) is 9.90. The predicted octanol–water partition coefficient (Wildman–Crippen LogP) is 3.30. The molecular formula is C17H20O4. The van der Waals surface area contributed by atoms with Gasteiger partial charge in [0.2, 0.25) is 0 Å². The minimum Gasteiger partial charge on any atom is -0.426 e. The number of ether oxygens (including phenoxy) is 2. The van der Waals surface area contributed by atoms with E-state index in [-0.39, 0.29) is 0 Å². The minimum absolute atomic E-state index is 0.423. The zero-order valence-corrected chi connectivity index (χ0v) is 12.7. The Hall–Kier alpha value is -2.36. The number of carbonyl (C=O) groups is 2. The molecule has 1 aromatic carbocycles. The lowest BCUT2D eigenvalue weighted by atomic mass is 9.99. The van der Waals surface area contributed by atoms with Crippen molar-refractivity contribution < 1.29 is 19.1 Å². The fraction of sp³-hybridized carbons (Fsp3) is 0.294. The van der Waals surface area contributed by atoms with Crippen molar-refractivity contribution in [2.45, 2.75) is 33.6 Å². The van der Waals surface area contributed by atoms with Crippen molar-refractivity contribution in [3.8, 4) is 11.5 Å². The van der Waals surface area contributed by atoms with E-state index in [9.17, 15) is 9.59 Å². The average molecular weight is 288 g/mol. The summed E-state index contributed by atoms with van der Waals surface area (Å²) in [6.45, 7) is 11.8. The fourth-order valence-corrected chi connectivity index (χ4v) is 2.11. The fourth-order valence-electron chi connectivity index (χ4n) is 2.11.